The summed E-state index contributed by atoms with van der Waals surface area (Å²) in [5.41, 5.74) is 2.06. The second kappa shape index (κ2) is 7.40. The van der Waals surface area contributed by atoms with Gasteiger partial charge in [0.25, 0.3) is 0 Å². The van der Waals surface area contributed by atoms with Crippen molar-refractivity contribution in [3.05, 3.63) is 29.8 Å². The van der Waals surface area contributed by atoms with Crippen molar-refractivity contribution in [2.24, 2.45) is 5.92 Å². The molecule has 0 radical (unpaired) electrons. The average Bonchev–Trinajstić information content (AvgIpc) is 2.93. The summed E-state index contributed by atoms with van der Waals surface area (Å²) in [6.07, 6.45) is 1.23. The lowest BCUT2D eigenvalue weighted by molar-refractivity contribution is -0.126. The molecule has 120 valence electrons. The van der Waals surface area contributed by atoms with E-state index in [1.807, 2.05) is 18.2 Å². The smallest absolute Gasteiger partial charge is 0.227 e. The molecule has 1 aromatic carbocycles. The maximum Gasteiger partial charge on any atom is 0.227 e. The van der Waals surface area contributed by atoms with Gasteiger partial charge in [-0.3, -0.25) is 9.59 Å². The van der Waals surface area contributed by atoms with Crippen LogP contribution in [0.4, 0.5) is 5.69 Å². The standard InChI is InChI=1S/C17H24N2O3/c1-3-12(2)14-6-4-5-7-15(14)19-11-13(10-16(19)21)17(22)18-8-9-20/h4-7,12-13,20H,3,8-11H2,1-2H3,(H,18,22). The summed E-state index contributed by atoms with van der Waals surface area (Å²) in [5.74, 6) is -0.152. The third-order valence-corrected chi connectivity index (χ3v) is 4.28. The first-order valence-corrected chi connectivity index (χ1v) is 7.86. The Morgan fingerprint density at radius 2 is 2.18 bits per heavy atom. The summed E-state index contributed by atoms with van der Waals surface area (Å²) in [5, 5.41) is 11.4. The molecule has 2 rings (SSSR count). The Hall–Kier alpha value is -1.88. The highest BCUT2D eigenvalue weighted by atomic mass is 16.3. The molecule has 5 heteroatoms. The molecule has 1 aliphatic rings. The van der Waals surface area contributed by atoms with Crippen molar-refractivity contribution in [2.75, 3.05) is 24.6 Å². The molecule has 1 aliphatic heterocycles. The van der Waals surface area contributed by atoms with Crippen LogP contribution in [0.1, 0.15) is 38.2 Å². The third-order valence-electron chi connectivity index (χ3n) is 4.28. The van der Waals surface area contributed by atoms with Gasteiger partial charge in [-0.1, -0.05) is 32.0 Å². The lowest BCUT2D eigenvalue weighted by atomic mass is 9.96. The molecule has 2 unspecified atom stereocenters. The number of carbonyl (C=O) groups is 2. The van der Waals surface area contributed by atoms with Crippen LogP contribution >= 0.6 is 0 Å². The molecule has 22 heavy (non-hydrogen) atoms. The summed E-state index contributed by atoms with van der Waals surface area (Å²) in [4.78, 5) is 26.1. The first kappa shape index (κ1) is 16.5. The Labute approximate surface area is 131 Å². The number of anilines is 1. The number of carbonyl (C=O) groups excluding carboxylic acids is 2. The van der Waals surface area contributed by atoms with E-state index >= 15 is 0 Å². The predicted octanol–water partition coefficient (Wildman–Crippen LogP) is 1.66. The van der Waals surface area contributed by atoms with Crippen LogP contribution in [0.25, 0.3) is 0 Å². The summed E-state index contributed by atoms with van der Waals surface area (Å²) < 4.78 is 0. The van der Waals surface area contributed by atoms with Crippen LogP contribution in [0, 0.1) is 5.92 Å². The Balaban J connectivity index is 2.17. The molecular weight excluding hydrogens is 280 g/mol. The lowest BCUT2D eigenvalue weighted by Crippen LogP contribution is -2.34. The van der Waals surface area contributed by atoms with Crippen LogP contribution in [0.15, 0.2) is 24.3 Å². The van der Waals surface area contributed by atoms with E-state index in [0.717, 1.165) is 17.7 Å². The van der Waals surface area contributed by atoms with Gasteiger partial charge in [0.2, 0.25) is 11.8 Å². The molecule has 0 spiro atoms. The van der Waals surface area contributed by atoms with E-state index in [-0.39, 0.29) is 37.3 Å². The summed E-state index contributed by atoms with van der Waals surface area (Å²) in [6.45, 7) is 4.81. The van der Waals surface area contributed by atoms with Crippen molar-refractivity contribution in [1.29, 1.82) is 0 Å². The number of rotatable bonds is 6. The van der Waals surface area contributed by atoms with Gasteiger partial charge in [-0.2, -0.15) is 0 Å². The van der Waals surface area contributed by atoms with E-state index < -0.39 is 0 Å². The summed E-state index contributed by atoms with van der Waals surface area (Å²) in [7, 11) is 0. The normalized spacial score (nSPS) is 19.3. The quantitative estimate of drug-likeness (QED) is 0.840. The van der Waals surface area contributed by atoms with E-state index in [2.05, 4.69) is 25.2 Å². The number of amides is 2. The van der Waals surface area contributed by atoms with E-state index in [9.17, 15) is 9.59 Å². The highest BCUT2D eigenvalue weighted by Gasteiger charge is 2.35. The van der Waals surface area contributed by atoms with Crippen LogP contribution < -0.4 is 10.2 Å². The molecule has 0 aromatic heterocycles. The zero-order valence-corrected chi connectivity index (χ0v) is 13.2. The molecule has 1 fully saturated rings. The van der Waals surface area contributed by atoms with Crippen LogP contribution in [0.5, 0.6) is 0 Å². The van der Waals surface area contributed by atoms with Crippen molar-refractivity contribution < 1.29 is 14.7 Å². The predicted molar refractivity (Wildman–Crippen MR) is 85.7 cm³/mol. The molecule has 0 saturated carbocycles. The zero-order chi connectivity index (χ0) is 16.1. The topological polar surface area (TPSA) is 69.6 Å². The van der Waals surface area contributed by atoms with Crippen LogP contribution in [-0.4, -0.2) is 36.6 Å². The van der Waals surface area contributed by atoms with E-state index in [4.69, 9.17) is 5.11 Å². The molecule has 2 amide bonds. The van der Waals surface area contributed by atoms with Gasteiger partial charge < -0.3 is 15.3 Å². The van der Waals surface area contributed by atoms with Crippen molar-refractivity contribution in [1.82, 2.24) is 5.32 Å². The average molecular weight is 304 g/mol. The number of aliphatic hydroxyl groups excluding tert-OH is 1. The fourth-order valence-electron chi connectivity index (χ4n) is 2.81. The van der Waals surface area contributed by atoms with Gasteiger partial charge in [-0.05, 0) is 24.0 Å². The molecule has 1 saturated heterocycles. The second-order valence-electron chi connectivity index (χ2n) is 5.79. The Bertz CT molecular complexity index is 544. The number of hydrogen-bond donors (Lipinski definition) is 2. The van der Waals surface area contributed by atoms with Crippen molar-refractivity contribution in [2.45, 2.75) is 32.6 Å². The SMILES string of the molecule is CCC(C)c1ccccc1N1CC(C(=O)NCCO)CC1=O. The fourth-order valence-corrected chi connectivity index (χ4v) is 2.81. The van der Waals surface area contributed by atoms with Crippen molar-refractivity contribution >= 4 is 17.5 Å². The van der Waals surface area contributed by atoms with Gasteiger partial charge in [0.15, 0.2) is 0 Å². The van der Waals surface area contributed by atoms with Gasteiger partial charge in [0, 0.05) is 25.2 Å². The second-order valence-corrected chi connectivity index (χ2v) is 5.79. The van der Waals surface area contributed by atoms with Crippen LogP contribution in [0.3, 0.4) is 0 Å². The maximum atomic E-state index is 12.3. The lowest BCUT2D eigenvalue weighted by Gasteiger charge is -2.23. The number of hydrogen-bond acceptors (Lipinski definition) is 3. The van der Waals surface area contributed by atoms with Gasteiger partial charge in [0.1, 0.15) is 0 Å². The molecule has 5 nitrogen and oxygen atoms in total. The maximum absolute atomic E-state index is 12.3. The molecule has 0 aliphatic carbocycles. The minimum atomic E-state index is -0.343. The van der Waals surface area contributed by atoms with Gasteiger partial charge in [0.05, 0.1) is 12.5 Å². The third kappa shape index (κ3) is 3.47. The fraction of sp³-hybridized carbons (Fsp3) is 0.529. The van der Waals surface area contributed by atoms with E-state index in [1.165, 1.54) is 0 Å². The molecule has 1 heterocycles. The highest BCUT2D eigenvalue weighted by molar-refractivity contribution is 6.00. The highest BCUT2D eigenvalue weighted by Crippen LogP contribution is 2.33. The number of aliphatic hydroxyl groups is 1. The van der Waals surface area contributed by atoms with Crippen LogP contribution in [0.2, 0.25) is 0 Å². The number of para-hydroxylation sites is 1. The molecule has 2 atom stereocenters. The zero-order valence-electron chi connectivity index (χ0n) is 13.2. The monoisotopic (exact) mass is 304 g/mol. The number of nitrogens with one attached hydrogen (secondary N) is 1. The summed E-state index contributed by atoms with van der Waals surface area (Å²) in [6, 6.07) is 7.91. The van der Waals surface area contributed by atoms with Gasteiger partial charge in [-0.25, -0.2) is 0 Å². The largest absolute Gasteiger partial charge is 0.395 e. The Kier molecular flexibility index (Phi) is 5.55. The first-order chi connectivity index (χ1) is 10.6. The minimum Gasteiger partial charge on any atom is -0.395 e. The summed E-state index contributed by atoms with van der Waals surface area (Å²) >= 11 is 0. The molecule has 2 N–H and O–H groups in total. The Morgan fingerprint density at radius 1 is 1.45 bits per heavy atom. The van der Waals surface area contributed by atoms with Crippen molar-refractivity contribution in [3.63, 3.8) is 0 Å². The van der Waals surface area contributed by atoms with Crippen LogP contribution in [-0.2, 0) is 9.59 Å². The first-order valence-electron chi connectivity index (χ1n) is 7.86. The molecule has 1 aromatic rings. The van der Waals surface area contributed by atoms with Crippen molar-refractivity contribution in [3.8, 4) is 0 Å². The van der Waals surface area contributed by atoms with E-state index in [0.29, 0.717) is 12.5 Å². The number of nitrogens with zero attached hydrogens (tertiary/aromatic N) is 1. The minimum absolute atomic E-state index is 0.0140. The molecular formula is C17H24N2O3. The van der Waals surface area contributed by atoms with Gasteiger partial charge >= 0.3 is 0 Å². The van der Waals surface area contributed by atoms with Gasteiger partial charge in [-0.15, -0.1) is 0 Å². The molecule has 0 bridgehead atoms. The Morgan fingerprint density at radius 3 is 2.86 bits per heavy atom. The number of benzene rings is 1. The van der Waals surface area contributed by atoms with E-state index in [1.54, 1.807) is 4.90 Å².